The van der Waals surface area contributed by atoms with E-state index in [1.165, 1.54) is 12.3 Å². The van der Waals surface area contributed by atoms with Gasteiger partial charge < -0.3 is 10.4 Å². The molecule has 0 bridgehead atoms. The highest BCUT2D eigenvalue weighted by atomic mass is 35.5. The molecule has 19 heavy (non-hydrogen) atoms. The normalized spacial score (nSPS) is 11.4. The molecule has 1 heterocycles. The standard InChI is InChI=1S/C12H18ClN3O3/c1-12(2,4-3-5-17)8-15-11-10(13)6-9(7-14-11)16(18)19/h6-7,17H,3-5,8H2,1-2H3,(H,14,15). The van der Waals surface area contributed by atoms with E-state index in [0.29, 0.717) is 12.4 Å². The highest BCUT2D eigenvalue weighted by Gasteiger charge is 2.18. The van der Waals surface area contributed by atoms with Gasteiger partial charge in [0.1, 0.15) is 12.0 Å². The number of hydrogen-bond acceptors (Lipinski definition) is 5. The van der Waals surface area contributed by atoms with Crippen molar-refractivity contribution in [3.8, 4) is 0 Å². The Morgan fingerprint density at radius 3 is 2.79 bits per heavy atom. The topological polar surface area (TPSA) is 88.3 Å². The number of anilines is 1. The van der Waals surface area contributed by atoms with Crippen LogP contribution in [-0.2, 0) is 0 Å². The SMILES string of the molecule is CC(C)(CCCO)CNc1ncc([N+](=O)[O-])cc1Cl. The average molecular weight is 288 g/mol. The van der Waals surface area contributed by atoms with Crippen molar-refractivity contribution >= 4 is 23.1 Å². The van der Waals surface area contributed by atoms with Crippen molar-refractivity contribution in [1.82, 2.24) is 4.98 Å². The van der Waals surface area contributed by atoms with E-state index in [9.17, 15) is 10.1 Å². The molecule has 0 fully saturated rings. The first kappa shape index (κ1) is 15.7. The Labute approximate surface area is 117 Å². The summed E-state index contributed by atoms with van der Waals surface area (Å²) >= 11 is 5.94. The molecule has 0 radical (unpaired) electrons. The number of halogens is 1. The molecule has 7 heteroatoms. The number of aliphatic hydroxyl groups is 1. The van der Waals surface area contributed by atoms with E-state index in [0.717, 1.165) is 12.8 Å². The smallest absolute Gasteiger partial charge is 0.289 e. The lowest BCUT2D eigenvalue weighted by atomic mass is 9.88. The van der Waals surface area contributed by atoms with Gasteiger partial charge in [-0.1, -0.05) is 25.4 Å². The molecule has 6 nitrogen and oxygen atoms in total. The van der Waals surface area contributed by atoms with Gasteiger partial charge in [0.15, 0.2) is 0 Å². The Bertz CT molecular complexity index is 452. The van der Waals surface area contributed by atoms with Crippen molar-refractivity contribution in [1.29, 1.82) is 0 Å². The second-order valence-corrected chi connectivity index (χ2v) is 5.53. The number of rotatable bonds is 7. The van der Waals surface area contributed by atoms with Gasteiger partial charge >= 0.3 is 0 Å². The highest BCUT2D eigenvalue weighted by molar-refractivity contribution is 6.33. The van der Waals surface area contributed by atoms with Crippen LogP contribution in [0.4, 0.5) is 11.5 Å². The first-order valence-electron chi connectivity index (χ1n) is 6.00. The molecule has 0 amide bonds. The van der Waals surface area contributed by atoms with Crippen molar-refractivity contribution in [3.63, 3.8) is 0 Å². The van der Waals surface area contributed by atoms with Crippen LogP contribution in [0.15, 0.2) is 12.3 Å². The monoisotopic (exact) mass is 287 g/mol. The summed E-state index contributed by atoms with van der Waals surface area (Å²) in [5.74, 6) is 0.435. The van der Waals surface area contributed by atoms with E-state index >= 15 is 0 Å². The van der Waals surface area contributed by atoms with Crippen LogP contribution >= 0.6 is 11.6 Å². The fraction of sp³-hybridized carbons (Fsp3) is 0.583. The van der Waals surface area contributed by atoms with Crippen LogP contribution in [0.2, 0.25) is 5.02 Å². The van der Waals surface area contributed by atoms with E-state index in [1.807, 2.05) is 0 Å². The van der Waals surface area contributed by atoms with Crippen molar-refractivity contribution in [3.05, 3.63) is 27.4 Å². The van der Waals surface area contributed by atoms with Crippen molar-refractivity contribution in [2.75, 3.05) is 18.5 Å². The summed E-state index contributed by atoms with van der Waals surface area (Å²) in [5, 5.41) is 22.7. The lowest BCUT2D eigenvalue weighted by Crippen LogP contribution is -2.24. The van der Waals surface area contributed by atoms with E-state index in [1.54, 1.807) is 0 Å². The number of aliphatic hydroxyl groups excluding tert-OH is 1. The number of nitro groups is 1. The predicted octanol–water partition coefficient (Wildman–Crippen LogP) is 2.85. The third kappa shape index (κ3) is 5.00. The second kappa shape index (κ2) is 6.68. The van der Waals surface area contributed by atoms with Gasteiger partial charge in [0, 0.05) is 19.2 Å². The summed E-state index contributed by atoms with van der Waals surface area (Å²) in [6.45, 7) is 4.92. The maximum Gasteiger partial charge on any atom is 0.289 e. The zero-order valence-corrected chi connectivity index (χ0v) is 11.8. The van der Waals surface area contributed by atoms with Gasteiger partial charge in [0.2, 0.25) is 0 Å². The molecular weight excluding hydrogens is 270 g/mol. The first-order chi connectivity index (χ1) is 8.85. The number of aromatic nitrogens is 1. The average Bonchev–Trinajstić information content (AvgIpc) is 2.35. The van der Waals surface area contributed by atoms with Gasteiger partial charge in [-0.05, 0) is 18.3 Å². The van der Waals surface area contributed by atoms with Crippen LogP contribution in [0, 0.1) is 15.5 Å². The van der Waals surface area contributed by atoms with Crippen LogP contribution in [0.1, 0.15) is 26.7 Å². The van der Waals surface area contributed by atoms with Gasteiger partial charge in [-0.2, -0.15) is 0 Å². The van der Waals surface area contributed by atoms with Gasteiger partial charge in [0.05, 0.1) is 9.95 Å². The Balaban J connectivity index is 2.65. The maximum atomic E-state index is 10.6. The van der Waals surface area contributed by atoms with Crippen molar-refractivity contribution in [2.24, 2.45) is 5.41 Å². The molecule has 0 spiro atoms. The Kier molecular flexibility index (Phi) is 5.50. The summed E-state index contributed by atoms with van der Waals surface area (Å²) in [7, 11) is 0. The second-order valence-electron chi connectivity index (χ2n) is 5.13. The minimum Gasteiger partial charge on any atom is -0.396 e. The Hall–Kier alpha value is -1.40. The predicted molar refractivity (Wildman–Crippen MR) is 74.5 cm³/mol. The lowest BCUT2D eigenvalue weighted by Gasteiger charge is -2.25. The quantitative estimate of drug-likeness (QED) is 0.594. The van der Waals surface area contributed by atoms with Crippen LogP contribution < -0.4 is 5.32 Å². The largest absolute Gasteiger partial charge is 0.396 e. The zero-order chi connectivity index (χ0) is 14.5. The molecule has 0 atom stereocenters. The molecule has 0 saturated heterocycles. The third-order valence-corrected chi connectivity index (χ3v) is 3.07. The van der Waals surface area contributed by atoms with E-state index in [2.05, 4.69) is 24.1 Å². The molecule has 0 aliphatic rings. The van der Waals surface area contributed by atoms with Crippen LogP contribution in [0.3, 0.4) is 0 Å². The summed E-state index contributed by atoms with van der Waals surface area (Å²) in [6, 6.07) is 1.28. The highest BCUT2D eigenvalue weighted by Crippen LogP contribution is 2.27. The third-order valence-electron chi connectivity index (χ3n) is 2.78. The van der Waals surface area contributed by atoms with E-state index in [-0.39, 0.29) is 22.7 Å². The van der Waals surface area contributed by atoms with Gasteiger partial charge in [-0.15, -0.1) is 0 Å². The molecule has 0 aromatic carbocycles. The van der Waals surface area contributed by atoms with Crippen molar-refractivity contribution < 1.29 is 10.0 Å². The summed E-state index contributed by atoms with van der Waals surface area (Å²) < 4.78 is 0. The summed E-state index contributed by atoms with van der Waals surface area (Å²) in [6.07, 6.45) is 2.77. The molecule has 0 unspecified atom stereocenters. The molecule has 0 aliphatic carbocycles. The van der Waals surface area contributed by atoms with Gasteiger partial charge in [-0.3, -0.25) is 10.1 Å². The molecular formula is C12H18ClN3O3. The zero-order valence-electron chi connectivity index (χ0n) is 11.0. The number of nitrogens with zero attached hydrogens (tertiary/aromatic N) is 2. The number of hydrogen-bond donors (Lipinski definition) is 2. The Morgan fingerprint density at radius 1 is 1.58 bits per heavy atom. The Morgan fingerprint density at radius 2 is 2.26 bits per heavy atom. The first-order valence-corrected chi connectivity index (χ1v) is 6.38. The number of nitrogens with one attached hydrogen (secondary N) is 1. The van der Waals surface area contributed by atoms with E-state index < -0.39 is 4.92 Å². The van der Waals surface area contributed by atoms with Gasteiger partial charge in [0.25, 0.3) is 5.69 Å². The van der Waals surface area contributed by atoms with Crippen LogP contribution in [0.25, 0.3) is 0 Å². The maximum absolute atomic E-state index is 10.6. The fourth-order valence-electron chi connectivity index (χ4n) is 1.63. The molecule has 106 valence electrons. The molecule has 0 saturated carbocycles. The molecule has 1 rings (SSSR count). The fourth-order valence-corrected chi connectivity index (χ4v) is 1.85. The minimum atomic E-state index is -0.534. The summed E-state index contributed by atoms with van der Waals surface area (Å²) in [5.41, 5.74) is -0.148. The minimum absolute atomic E-state index is 0.0183. The van der Waals surface area contributed by atoms with Crippen LogP contribution in [-0.4, -0.2) is 28.2 Å². The molecule has 1 aromatic rings. The lowest BCUT2D eigenvalue weighted by molar-refractivity contribution is -0.385. The molecule has 1 aromatic heterocycles. The summed E-state index contributed by atoms with van der Waals surface area (Å²) in [4.78, 5) is 14.0. The molecule has 0 aliphatic heterocycles. The van der Waals surface area contributed by atoms with Crippen molar-refractivity contribution in [2.45, 2.75) is 26.7 Å². The van der Waals surface area contributed by atoms with Crippen LogP contribution in [0.5, 0.6) is 0 Å². The van der Waals surface area contributed by atoms with E-state index in [4.69, 9.17) is 16.7 Å². The van der Waals surface area contributed by atoms with Gasteiger partial charge in [-0.25, -0.2) is 4.98 Å². The number of pyridine rings is 1. The molecule has 2 N–H and O–H groups in total.